The van der Waals surface area contributed by atoms with Gasteiger partial charge < -0.3 is 10.2 Å². The first-order valence-corrected chi connectivity index (χ1v) is 10.1. The van der Waals surface area contributed by atoms with Gasteiger partial charge in [0.05, 0.1) is 17.3 Å². The summed E-state index contributed by atoms with van der Waals surface area (Å²) in [6.07, 6.45) is 7.74. The first-order chi connectivity index (χ1) is 13.6. The Hall–Kier alpha value is -2.76. The zero-order valence-electron chi connectivity index (χ0n) is 16.2. The molecule has 2 amide bonds. The van der Waals surface area contributed by atoms with Gasteiger partial charge >= 0.3 is 0 Å². The molecule has 2 fully saturated rings. The number of nitrogens with zero attached hydrogens (tertiary/aromatic N) is 3. The fraction of sp³-hybridized carbons (Fsp3) is 0.455. The van der Waals surface area contributed by atoms with Crippen LogP contribution in [0.3, 0.4) is 0 Å². The van der Waals surface area contributed by atoms with Crippen LogP contribution >= 0.6 is 0 Å². The highest BCUT2D eigenvalue weighted by molar-refractivity contribution is 6.04. The minimum Gasteiger partial charge on any atom is -0.332 e. The summed E-state index contributed by atoms with van der Waals surface area (Å²) in [4.78, 5) is 36.5. The molecule has 2 aliphatic rings. The SMILES string of the molecule is Cc1nc(C2CCCN2C(=O)C2CCCC2)ncc1C(=O)Nc1ccccc1. The van der Waals surface area contributed by atoms with E-state index in [-0.39, 0.29) is 23.8 Å². The average molecular weight is 378 g/mol. The standard InChI is InChI=1S/C22H26N4O2/c1-15-18(21(27)25-17-10-3-2-4-11-17)14-23-20(24-15)19-12-7-13-26(19)22(28)16-8-5-6-9-16/h2-4,10-11,14,16,19H,5-9,12-13H2,1H3,(H,25,27). The van der Waals surface area contributed by atoms with Gasteiger partial charge in [0.25, 0.3) is 5.91 Å². The summed E-state index contributed by atoms with van der Waals surface area (Å²) in [5.41, 5.74) is 1.83. The molecule has 1 aliphatic heterocycles. The second kappa shape index (κ2) is 8.09. The minimum atomic E-state index is -0.222. The third-order valence-corrected chi connectivity index (χ3v) is 5.81. The van der Waals surface area contributed by atoms with Crippen LogP contribution in [0.25, 0.3) is 0 Å². The van der Waals surface area contributed by atoms with E-state index < -0.39 is 0 Å². The second-order valence-electron chi connectivity index (χ2n) is 7.72. The third kappa shape index (κ3) is 3.77. The zero-order valence-corrected chi connectivity index (χ0v) is 16.2. The van der Waals surface area contributed by atoms with Crippen molar-refractivity contribution in [3.05, 3.63) is 53.6 Å². The van der Waals surface area contributed by atoms with Crippen molar-refractivity contribution in [2.45, 2.75) is 51.5 Å². The highest BCUT2D eigenvalue weighted by Crippen LogP contribution is 2.35. The summed E-state index contributed by atoms with van der Waals surface area (Å²) in [5.74, 6) is 0.850. The third-order valence-electron chi connectivity index (χ3n) is 5.81. The average Bonchev–Trinajstić information content (AvgIpc) is 3.40. The van der Waals surface area contributed by atoms with Gasteiger partial charge in [-0.3, -0.25) is 9.59 Å². The Labute approximate surface area is 165 Å². The largest absolute Gasteiger partial charge is 0.332 e. The van der Waals surface area contributed by atoms with E-state index in [0.717, 1.165) is 50.8 Å². The molecule has 146 valence electrons. The summed E-state index contributed by atoms with van der Waals surface area (Å²) in [5, 5.41) is 2.87. The predicted molar refractivity (Wildman–Crippen MR) is 107 cm³/mol. The highest BCUT2D eigenvalue weighted by atomic mass is 16.2. The molecule has 0 bridgehead atoms. The molecule has 1 aromatic heterocycles. The van der Waals surface area contributed by atoms with Gasteiger partial charge in [-0.15, -0.1) is 0 Å². The van der Waals surface area contributed by atoms with E-state index in [1.807, 2.05) is 42.2 Å². The van der Waals surface area contributed by atoms with Gasteiger partial charge in [-0.1, -0.05) is 31.0 Å². The number of amides is 2. The number of carbonyl (C=O) groups excluding carboxylic acids is 2. The summed E-state index contributed by atoms with van der Waals surface area (Å²) >= 11 is 0. The van der Waals surface area contributed by atoms with Crippen molar-refractivity contribution in [3.63, 3.8) is 0 Å². The molecule has 0 spiro atoms. The van der Waals surface area contributed by atoms with E-state index in [0.29, 0.717) is 17.1 Å². The van der Waals surface area contributed by atoms with Crippen LogP contribution in [0.1, 0.15) is 66.4 Å². The van der Waals surface area contributed by atoms with Crippen molar-refractivity contribution >= 4 is 17.5 Å². The van der Waals surface area contributed by atoms with E-state index in [4.69, 9.17) is 0 Å². The Morgan fingerprint density at radius 3 is 2.54 bits per heavy atom. The number of hydrogen-bond acceptors (Lipinski definition) is 4. The maximum absolute atomic E-state index is 12.9. The smallest absolute Gasteiger partial charge is 0.259 e. The van der Waals surface area contributed by atoms with Crippen LogP contribution in [-0.4, -0.2) is 33.2 Å². The summed E-state index contributed by atoms with van der Waals surface area (Å²) in [6.45, 7) is 2.60. The first kappa shape index (κ1) is 18.6. The van der Waals surface area contributed by atoms with E-state index in [1.165, 1.54) is 0 Å². The molecule has 2 heterocycles. The lowest BCUT2D eigenvalue weighted by molar-refractivity contribution is -0.136. The van der Waals surface area contributed by atoms with Crippen LogP contribution in [0.5, 0.6) is 0 Å². The Morgan fingerprint density at radius 1 is 1.07 bits per heavy atom. The Balaban J connectivity index is 1.50. The van der Waals surface area contributed by atoms with Gasteiger partial charge in [0.2, 0.25) is 5.91 Å². The van der Waals surface area contributed by atoms with Gasteiger partial charge in [0, 0.05) is 24.3 Å². The number of anilines is 1. The maximum atomic E-state index is 12.9. The van der Waals surface area contributed by atoms with Gasteiger partial charge in [0.1, 0.15) is 0 Å². The summed E-state index contributed by atoms with van der Waals surface area (Å²) in [7, 11) is 0. The lowest BCUT2D eigenvalue weighted by Gasteiger charge is -2.26. The van der Waals surface area contributed by atoms with Crippen molar-refractivity contribution in [1.29, 1.82) is 0 Å². The molecule has 6 nitrogen and oxygen atoms in total. The molecule has 6 heteroatoms. The highest BCUT2D eigenvalue weighted by Gasteiger charge is 2.36. The molecule has 1 N–H and O–H groups in total. The number of aromatic nitrogens is 2. The Morgan fingerprint density at radius 2 is 1.82 bits per heavy atom. The summed E-state index contributed by atoms with van der Waals surface area (Å²) in [6, 6.07) is 9.26. The Kier molecular flexibility index (Phi) is 5.37. The van der Waals surface area contributed by atoms with Gasteiger partial charge in [0.15, 0.2) is 5.82 Å². The number of hydrogen-bond donors (Lipinski definition) is 1. The minimum absolute atomic E-state index is 0.0713. The van der Waals surface area contributed by atoms with Crippen molar-refractivity contribution in [3.8, 4) is 0 Å². The Bertz CT molecular complexity index is 862. The van der Waals surface area contributed by atoms with E-state index in [1.54, 1.807) is 6.20 Å². The lowest BCUT2D eigenvalue weighted by atomic mass is 10.1. The van der Waals surface area contributed by atoms with Gasteiger partial charge in [-0.05, 0) is 44.7 Å². The molecule has 1 saturated heterocycles. The van der Waals surface area contributed by atoms with Crippen LogP contribution in [0.15, 0.2) is 36.5 Å². The fourth-order valence-corrected chi connectivity index (χ4v) is 4.29. The number of benzene rings is 1. The van der Waals surface area contributed by atoms with Crippen molar-refractivity contribution in [2.24, 2.45) is 5.92 Å². The second-order valence-corrected chi connectivity index (χ2v) is 7.72. The van der Waals surface area contributed by atoms with Gasteiger partial charge in [-0.2, -0.15) is 0 Å². The number of para-hydroxylation sites is 1. The molecule has 1 unspecified atom stereocenters. The number of rotatable bonds is 4. The van der Waals surface area contributed by atoms with Crippen molar-refractivity contribution in [2.75, 3.05) is 11.9 Å². The molecular formula is C22H26N4O2. The van der Waals surface area contributed by atoms with Crippen LogP contribution in [0, 0.1) is 12.8 Å². The monoisotopic (exact) mass is 378 g/mol. The molecule has 1 aromatic carbocycles. The zero-order chi connectivity index (χ0) is 19.5. The lowest BCUT2D eigenvalue weighted by Crippen LogP contribution is -2.35. The molecule has 28 heavy (non-hydrogen) atoms. The van der Waals surface area contributed by atoms with Crippen LogP contribution in [0.2, 0.25) is 0 Å². The van der Waals surface area contributed by atoms with E-state index in [2.05, 4.69) is 15.3 Å². The molecule has 0 radical (unpaired) electrons. The topological polar surface area (TPSA) is 75.2 Å². The normalized spacial score (nSPS) is 19.8. The van der Waals surface area contributed by atoms with E-state index >= 15 is 0 Å². The summed E-state index contributed by atoms with van der Waals surface area (Å²) < 4.78 is 0. The van der Waals surface area contributed by atoms with Crippen LogP contribution in [0.4, 0.5) is 5.69 Å². The first-order valence-electron chi connectivity index (χ1n) is 10.1. The van der Waals surface area contributed by atoms with Gasteiger partial charge in [-0.25, -0.2) is 9.97 Å². The van der Waals surface area contributed by atoms with Crippen molar-refractivity contribution in [1.82, 2.24) is 14.9 Å². The molecule has 4 rings (SSSR count). The maximum Gasteiger partial charge on any atom is 0.259 e. The molecule has 1 aliphatic carbocycles. The predicted octanol–water partition coefficient (Wildman–Crippen LogP) is 3.89. The quantitative estimate of drug-likeness (QED) is 0.876. The number of carbonyl (C=O) groups is 2. The van der Waals surface area contributed by atoms with Crippen LogP contribution < -0.4 is 5.32 Å². The molecular weight excluding hydrogens is 352 g/mol. The van der Waals surface area contributed by atoms with Crippen LogP contribution in [-0.2, 0) is 4.79 Å². The fourth-order valence-electron chi connectivity index (χ4n) is 4.29. The number of likely N-dealkylation sites (tertiary alicyclic amines) is 1. The van der Waals surface area contributed by atoms with E-state index in [9.17, 15) is 9.59 Å². The number of nitrogens with one attached hydrogen (secondary N) is 1. The molecule has 2 aromatic rings. The number of aryl methyl sites for hydroxylation is 1. The van der Waals surface area contributed by atoms with Crippen molar-refractivity contribution < 1.29 is 9.59 Å². The molecule has 1 saturated carbocycles. The molecule has 1 atom stereocenters.